The number of rotatable bonds is 1. The molecule has 1 unspecified atom stereocenters. The summed E-state index contributed by atoms with van der Waals surface area (Å²) in [7, 11) is 4.31. The van der Waals surface area contributed by atoms with Crippen LogP contribution in [-0.4, -0.2) is 25.0 Å². The molecule has 1 saturated carbocycles. The summed E-state index contributed by atoms with van der Waals surface area (Å²) in [6, 6.07) is 0.765. The van der Waals surface area contributed by atoms with Gasteiger partial charge in [-0.2, -0.15) is 0 Å². The van der Waals surface area contributed by atoms with E-state index < -0.39 is 0 Å². The fourth-order valence-electron chi connectivity index (χ4n) is 1.57. The van der Waals surface area contributed by atoms with E-state index >= 15 is 0 Å². The highest BCUT2D eigenvalue weighted by Gasteiger charge is 2.16. The summed E-state index contributed by atoms with van der Waals surface area (Å²) in [4.78, 5) is 2.31. The van der Waals surface area contributed by atoms with Gasteiger partial charge in [-0.3, -0.25) is 0 Å². The van der Waals surface area contributed by atoms with Gasteiger partial charge in [0.2, 0.25) is 0 Å². The largest absolute Gasteiger partial charge is 0.306 e. The molecule has 0 amide bonds. The number of nitrogens with zero attached hydrogens (tertiary/aromatic N) is 1. The summed E-state index contributed by atoms with van der Waals surface area (Å²) in [5.74, 6) is 0. The lowest BCUT2D eigenvalue weighted by molar-refractivity contribution is 0.255. The molecule has 1 rings (SSSR count). The van der Waals surface area contributed by atoms with E-state index in [1.54, 1.807) is 0 Å². The Balaban J connectivity index is 2.39. The molecule has 10 heavy (non-hydrogen) atoms. The topological polar surface area (TPSA) is 3.24 Å². The minimum absolute atomic E-state index is 0.765. The second-order valence-electron chi connectivity index (χ2n) is 3.46. The Hall–Kier alpha value is -0.300. The van der Waals surface area contributed by atoms with Gasteiger partial charge in [-0.15, -0.1) is 0 Å². The van der Waals surface area contributed by atoms with E-state index in [0.717, 1.165) is 6.04 Å². The van der Waals surface area contributed by atoms with Crippen LogP contribution in [-0.2, 0) is 0 Å². The van der Waals surface area contributed by atoms with Crippen molar-refractivity contribution >= 4 is 0 Å². The SMILES string of the molecule is C=C1CCCC(N(C)C)C1. The molecule has 0 heterocycles. The number of hydrogen-bond donors (Lipinski definition) is 0. The van der Waals surface area contributed by atoms with Crippen molar-refractivity contribution in [2.24, 2.45) is 0 Å². The zero-order chi connectivity index (χ0) is 7.56. The zero-order valence-corrected chi connectivity index (χ0v) is 7.06. The smallest absolute Gasteiger partial charge is 0.0126 e. The van der Waals surface area contributed by atoms with Crippen molar-refractivity contribution in [1.82, 2.24) is 4.90 Å². The van der Waals surface area contributed by atoms with Crippen LogP contribution in [0.5, 0.6) is 0 Å². The first kappa shape index (κ1) is 7.80. The molecular formula is C9H17N. The highest BCUT2D eigenvalue weighted by Crippen LogP contribution is 2.24. The molecule has 0 aromatic heterocycles. The molecular weight excluding hydrogens is 122 g/mol. The van der Waals surface area contributed by atoms with Gasteiger partial charge in [0.25, 0.3) is 0 Å². The minimum Gasteiger partial charge on any atom is -0.306 e. The maximum Gasteiger partial charge on any atom is 0.0126 e. The Morgan fingerprint density at radius 3 is 2.60 bits per heavy atom. The molecule has 0 aliphatic heterocycles. The van der Waals surface area contributed by atoms with Gasteiger partial charge >= 0.3 is 0 Å². The first-order chi connectivity index (χ1) is 4.70. The van der Waals surface area contributed by atoms with Gasteiger partial charge in [0.15, 0.2) is 0 Å². The molecule has 1 atom stereocenters. The maximum absolute atomic E-state index is 4.02. The van der Waals surface area contributed by atoms with Crippen molar-refractivity contribution in [3.8, 4) is 0 Å². The second kappa shape index (κ2) is 3.20. The van der Waals surface area contributed by atoms with Crippen LogP contribution < -0.4 is 0 Å². The molecule has 0 spiro atoms. The molecule has 0 N–H and O–H groups in total. The monoisotopic (exact) mass is 139 g/mol. The highest BCUT2D eigenvalue weighted by atomic mass is 15.1. The van der Waals surface area contributed by atoms with E-state index in [1.165, 1.54) is 31.3 Å². The third-order valence-corrected chi connectivity index (χ3v) is 2.32. The Labute approximate surface area is 63.7 Å². The predicted octanol–water partition coefficient (Wildman–Crippen LogP) is 2.05. The Bertz CT molecular complexity index is 127. The van der Waals surface area contributed by atoms with Crippen LogP contribution in [0.4, 0.5) is 0 Å². The molecule has 0 bridgehead atoms. The summed E-state index contributed by atoms with van der Waals surface area (Å²) in [6.45, 7) is 4.02. The van der Waals surface area contributed by atoms with Gasteiger partial charge in [0.1, 0.15) is 0 Å². The van der Waals surface area contributed by atoms with Crippen LogP contribution >= 0.6 is 0 Å². The summed E-state index contributed by atoms with van der Waals surface area (Å²) >= 11 is 0. The van der Waals surface area contributed by atoms with Crippen molar-refractivity contribution in [3.63, 3.8) is 0 Å². The lowest BCUT2D eigenvalue weighted by Crippen LogP contribution is -2.30. The van der Waals surface area contributed by atoms with Crippen molar-refractivity contribution in [2.45, 2.75) is 31.7 Å². The molecule has 1 heteroatoms. The molecule has 58 valence electrons. The van der Waals surface area contributed by atoms with Crippen LogP contribution in [0.25, 0.3) is 0 Å². The van der Waals surface area contributed by atoms with E-state index in [0.29, 0.717) is 0 Å². The molecule has 0 saturated heterocycles. The van der Waals surface area contributed by atoms with Crippen LogP contribution in [0.3, 0.4) is 0 Å². The molecule has 1 aliphatic rings. The molecule has 0 radical (unpaired) electrons. The maximum atomic E-state index is 4.02. The van der Waals surface area contributed by atoms with Crippen molar-refractivity contribution in [3.05, 3.63) is 12.2 Å². The Morgan fingerprint density at radius 2 is 2.20 bits per heavy atom. The van der Waals surface area contributed by atoms with Gasteiger partial charge in [-0.05, 0) is 39.8 Å². The molecule has 1 fully saturated rings. The fourth-order valence-corrected chi connectivity index (χ4v) is 1.57. The Morgan fingerprint density at radius 1 is 1.50 bits per heavy atom. The van der Waals surface area contributed by atoms with Crippen LogP contribution in [0, 0.1) is 0 Å². The van der Waals surface area contributed by atoms with Crippen molar-refractivity contribution < 1.29 is 0 Å². The second-order valence-corrected chi connectivity index (χ2v) is 3.46. The summed E-state index contributed by atoms with van der Waals surface area (Å²) in [6.07, 6.45) is 5.16. The summed E-state index contributed by atoms with van der Waals surface area (Å²) < 4.78 is 0. The van der Waals surface area contributed by atoms with Crippen molar-refractivity contribution in [2.75, 3.05) is 14.1 Å². The molecule has 1 nitrogen and oxygen atoms in total. The average molecular weight is 139 g/mol. The van der Waals surface area contributed by atoms with E-state index in [2.05, 4.69) is 25.6 Å². The third kappa shape index (κ3) is 1.84. The van der Waals surface area contributed by atoms with Crippen molar-refractivity contribution in [1.29, 1.82) is 0 Å². The van der Waals surface area contributed by atoms with E-state index in [4.69, 9.17) is 0 Å². The minimum atomic E-state index is 0.765. The van der Waals surface area contributed by atoms with Gasteiger partial charge in [-0.1, -0.05) is 12.2 Å². The van der Waals surface area contributed by atoms with Gasteiger partial charge in [-0.25, -0.2) is 0 Å². The number of hydrogen-bond acceptors (Lipinski definition) is 1. The van der Waals surface area contributed by atoms with Crippen LogP contribution in [0.1, 0.15) is 25.7 Å². The van der Waals surface area contributed by atoms with Crippen LogP contribution in [0.15, 0.2) is 12.2 Å². The zero-order valence-electron chi connectivity index (χ0n) is 7.06. The fraction of sp³-hybridized carbons (Fsp3) is 0.778. The standard InChI is InChI=1S/C9H17N/c1-8-5-4-6-9(7-8)10(2)3/h9H,1,4-7H2,2-3H3. The highest BCUT2D eigenvalue weighted by molar-refractivity contribution is 5.01. The lowest BCUT2D eigenvalue weighted by Gasteiger charge is -2.29. The van der Waals surface area contributed by atoms with Crippen LogP contribution in [0.2, 0.25) is 0 Å². The first-order valence-electron chi connectivity index (χ1n) is 4.03. The van der Waals surface area contributed by atoms with Gasteiger partial charge in [0, 0.05) is 6.04 Å². The van der Waals surface area contributed by atoms with E-state index in [9.17, 15) is 0 Å². The van der Waals surface area contributed by atoms with E-state index in [-0.39, 0.29) is 0 Å². The molecule has 0 aromatic rings. The normalized spacial score (nSPS) is 27.5. The lowest BCUT2D eigenvalue weighted by atomic mass is 9.91. The first-order valence-corrected chi connectivity index (χ1v) is 4.03. The molecule has 0 aromatic carbocycles. The summed E-state index contributed by atoms with van der Waals surface area (Å²) in [5.41, 5.74) is 1.44. The van der Waals surface area contributed by atoms with E-state index in [1.807, 2.05) is 0 Å². The molecule has 1 aliphatic carbocycles. The predicted molar refractivity (Wildman–Crippen MR) is 45.1 cm³/mol. The quantitative estimate of drug-likeness (QED) is 0.502. The summed E-state index contributed by atoms with van der Waals surface area (Å²) in [5, 5.41) is 0. The third-order valence-electron chi connectivity index (χ3n) is 2.32. The Kier molecular flexibility index (Phi) is 2.50. The van der Waals surface area contributed by atoms with Gasteiger partial charge in [0.05, 0.1) is 0 Å². The average Bonchev–Trinajstić information content (AvgIpc) is 1.88. The van der Waals surface area contributed by atoms with Gasteiger partial charge < -0.3 is 4.90 Å².